The zero-order chi connectivity index (χ0) is 23.0. The van der Waals surface area contributed by atoms with Crippen molar-refractivity contribution in [3.8, 4) is 28.4 Å². The number of aromatic nitrogens is 1. The lowest BCUT2D eigenvalue weighted by Crippen LogP contribution is -2.28. The number of pyridine rings is 1. The smallest absolute Gasteiger partial charge is 0.350 e. The average molecular weight is 458 g/mol. The highest BCUT2D eigenvalue weighted by atomic mass is 32.1. The van der Waals surface area contributed by atoms with E-state index in [0.29, 0.717) is 39.2 Å². The number of hydrogen-bond donors (Lipinski definition) is 1. The van der Waals surface area contributed by atoms with Crippen molar-refractivity contribution in [3.63, 3.8) is 0 Å². The van der Waals surface area contributed by atoms with Gasteiger partial charge in [-0.25, -0.2) is 9.78 Å². The molecule has 0 atom stereocenters. The van der Waals surface area contributed by atoms with Gasteiger partial charge in [0.25, 0.3) is 0 Å². The predicted octanol–water partition coefficient (Wildman–Crippen LogP) is 3.74. The van der Waals surface area contributed by atoms with Gasteiger partial charge in [-0.1, -0.05) is 0 Å². The van der Waals surface area contributed by atoms with E-state index in [4.69, 9.17) is 29.7 Å². The zero-order valence-electron chi connectivity index (χ0n) is 18.9. The van der Waals surface area contributed by atoms with E-state index in [0.717, 1.165) is 40.7 Å². The number of thiophene rings is 1. The Hall–Kier alpha value is -3.04. The van der Waals surface area contributed by atoms with Gasteiger partial charge in [0, 0.05) is 47.8 Å². The van der Waals surface area contributed by atoms with Gasteiger partial charge in [-0.3, -0.25) is 0 Å². The summed E-state index contributed by atoms with van der Waals surface area (Å²) in [6, 6.07) is 3.69. The maximum absolute atomic E-state index is 12.6. The summed E-state index contributed by atoms with van der Waals surface area (Å²) in [4.78, 5) is 20.8. The summed E-state index contributed by atoms with van der Waals surface area (Å²) >= 11 is 1.26. The number of nitrogen functional groups attached to an aromatic ring is 1. The summed E-state index contributed by atoms with van der Waals surface area (Å²) in [6.07, 6.45) is 0.803. The fourth-order valence-corrected chi connectivity index (χ4v) is 5.15. The Morgan fingerprint density at radius 2 is 1.84 bits per heavy atom. The molecule has 8 nitrogen and oxygen atoms in total. The zero-order valence-corrected chi connectivity index (χ0v) is 19.7. The van der Waals surface area contributed by atoms with Crippen molar-refractivity contribution in [3.05, 3.63) is 28.3 Å². The molecule has 0 unspecified atom stereocenters. The molecule has 4 rings (SSSR count). The number of nitrogens with zero attached hydrogens (tertiary/aromatic N) is 2. The minimum atomic E-state index is -0.437. The van der Waals surface area contributed by atoms with Gasteiger partial charge in [0.2, 0.25) is 0 Å². The SMILES string of the molecule is CCOC(=O)c1sc2nc3c(c(-c4cc(OC)c(OC)cc4OC)c2c1N)CN(C)CC3. The number of likely N-dealkylation sites (N-methyl/N-ethyl adjacent to an activating group) is 1. The largest absolute Gasteiger partial charge is 0.496 e. The summed E-state index contributed by atoms with van der Waals surface area (Å²) in [6.45, 7) is 3.65. The molecule has 0 bridgehead atoms. The highest BCUT2D eigenvalue weighted by Crippen LogP contribution is 2.48. The Kier molecular flexibility index (Phi) is 6.12. The predicted molar refractivity (Wildman–Crippen MR) is 125 cm³/mol. The molecule has 0 saturated heterocycles. The van der Waals surface area contributed by atoms with Crippen LogP contribution >= 0.6 is 11.3 Å². The Bertz CT molecular complexity index is 1190. The average Bonchev–Trinajstić information content (AvgIpc) is 3.13. The highest BCUT2D eigenvalue weighted by Gasteiger charge is 2.29. The molecule has 0 radical (unpaired) electrons. The fourth-order valence-electron chi connectivity index (χ4n) is 4.13. The topological polar surface area (TPSA) is 96.1 Å². The molecule has 170 valence electrons. The first-order chi connectivity index (χ1) is 15.4. The second-order valence-corrected chi connectivity index (χ2v) is 8.55. The van der Waals surface area contributed by atoms with E-state index < -0.39 is 5.97 Å². The van der Waals surface area contributed by atoms with Crippen LogP contribution in [0.5, 0.6) is 17.2 Å². The number of benzene rings is 1. The van der Waals surface area contributed by atoms with Crippen LogP contribution in [0.4, 0.5) is 5.69 Å². The van der Waals surface area contributed by atoms with E-state index in [1.807, 2.05) is 6.07 Å². The molecular formula is C23H27N3O5S. The number of anilines is 1. The number of carbonyl (C=O) groups is 1. The second-order valence-electron chi connectivity index (χ2n) is 7.55. The molecule has 0 saturated carbocycles. The Labute approximate surface area is 190 Å². The third kappa shape index (κ3) is 3.61. The van der Waals surface area contributed by atoms with Crippen molar-refractivity contribution in [1.29, 1.82) is 0 Å². The molecule has 2 aromatic heterocycles. The summed E-state index contributed by atoms with van der Waals surface area (Å²) in [5.74, 6) is 1.32. The molecule has 32 heavy (non-hydrogen) atoms. The van der Waals surface area contributed by atoms with Gasteiger partial charge < -0.3 is 29.6 Å². The van der Waals surface area contributed by atoms with Crippen LogP contribution in [0, 0.1) is 0 Å². The van der Waals surface area contributed by atoms with Crippen LogP contribution in [0.25, 0.3) is 21.3 Å². The van der Waals surface area contributed by atoms with Crippen molar-refractivity contribution in [2.45, 2.75) is 19.9 Å². The van der Waals surface area contributed by atoms with E-state index in [9.17, 15) is 4.79 Å². The first kappa shape index (κ1) is 22.2. The van der Waals surface area contributed by atoms with Gasteiger partial charge in [0.1, 0.15) is 15.5 Å². The van der Waals surface area contributed by atoms with Crippen LogP contribution in [-0.2, 0) is 17.7 Å². The van der Waals surface area contributed by atoms with Crippen LogP contribution in [0.2, 0.25) is 0 Å². The number of hydrogen-bond acceptors (Lipinski definition) is 9. The normalized spacial score (nSPS) is 13.7. The minimum Gasteiger partial charge on any atom is -0.496 e. The van der Waals surface area contributed by atoms with Crippen molar-refractivity contribution >= 4 is 33.2 Å². The minimum absolute atomic E-state index is 0.275. The van der Waals surface area contributed by atoms with Crippen LogP contribution in [0.3, 0.4) is 0 Å². The summed E-state index contributed by atoms with van der Waals surface area (Å²) in [5, 5.41) is 0.734. The van der Waals surface area contributed by atoms with Gasteiger partial charge >= 0.3 is 5.97 Å². The number of ether oxygens (including phenoxy) is 4. The molecular weight excluding hydrogens is 430 g/mol. The first-order valence-corrected chi connectivity index (χ1v) is 11.1. The third-order valence-corrected chi connectivity index (χ3v) is 6.74. The van der Waals surface area contributed by atoms with Gasteiger partial charge in [-0.15, -0.1) is 11.3 Å². The number of methoxy groups -OCH3 is 3. The Morgan fingerprint density at radius 1 is 1.16 bits per heavy atom. The lowest BCUT2D eigenvalue weighted by Gasteiger charge is -2.27. The summed E-state index contributed by atoms with van der Waals surface area (Å²) in [7, 11) is 6.87. The highest BCUT2D eigenvalue weighted by molar-refractivity contribution is 7.21. The molecule has 0 aliphatic carbocycles. The van der Waals surface area contributed by atoms with E-state index in [1.165, 1.54) is 11.3 Å². The number of fused-ring (bicyclic) bond motifs is 2. The van der Waals surface area contributed by atoms with E-state index in [1.54, 1.807) is 34.3 Å². The van der Waals surface area contributed by atoms with Crippen LogP contribution in [0.15, 0.2) is 12.1 Å². The quantitative estimate of drug-likeness (QED) is 0.560. The van der Waals surface area contributed by atoms with Crippen LogP contribution in [0.1, 0.15) is 27.9 Å². The maximum Gasteiger partial charge on any atom is 0.350 e. The van der Waals surface area contributed by atoms with Crippen molar-refractivity contribution in [1.82, 2.24) is 9.88 Å². The number of nitrogens with two attached hydrogens (primary N) is 1. The lowest BCUT2D eigenvalue weighted by atomic mass is 9.91. The van der Waals surface area contributed by atoms with Gasteiger partial charge in [0.05, 0.1) is 33.6 Å². The number of rotatable bonds is 6. The van der Waals surface area contributed by atoms with Gasteiger partial charge in [-0.05, 0) is 25.6 Å². The van der Waals surface area contributed by atoms with Gasteiger partial charge in [0.15, 0.2) is 11.5 Å². The third-order valence-electron chi connectivity index (χ3n) is 5.66. The number of esters is 1. The standard InChI is InChI=1S/C23H27N3O5S/c1-6-31-23(27)21-20(24)19-18(12-9-16(29-4)17(30-5)10-15(12)28-3)13-11-26(2)8-7-14(13)25-22(19)32-21/h9-10H,6-8,11,24H2,1-5H3. The summed E-state index contributed by atoms with van der Waals surface area (Å²) in [5.41, 5.74) is 10.7. The molecule has 0 spiro atoms. The van der Waals surface area contributed by atoms with Crippen molar-refractivity contribution < 1.29 is 23.7 Å². The van der Waals surface area contributed by atoms with E-state index in [-0.39, 0.29) is 6.61 Å². The van der Waals surface area contributed by atoms with Crippen LogP contribution in [-0.4, -0.2) is 57.4 Å². The first-order valence-electron chi connectivity index (χ1n) is 10.3. The Balaban J connectivity index is 2.10. The molecule has 1 aromatic carbocycles. The van der Waals surface area contributed by atoms with Crippen molar-refractivity contribution in [2.24, 2.45) is 0 Å². The molecule has 0 amide bonds. The molecule has 0 fully saturated rings. The van der Waals surface area contributed by atoms with Crippen molar-refractivity contribution in [2.75, 3.05) is 47.3 Å². The Morgan fingerprint density at radius 3 is 2.50 bits per heavy atom. The van der Waals surface area contributed by atoms with E-state index in [2.05, 4.69) is 11.9 Å². The number of carbonyl (C=O) groups excluding carboxylic acids is 1. The monoisotopic (exact) mass is 457 g/mol. The molecule has 3 aromatic rings. The summed E-state index contributed by atoms with van der Waals surface area (Å²) < 4.78 is 22.0. The molecule has 2 N–H and O–H groups in total. The lowest BCUT2D eigenvalue weighted by molar-refractivity contribution is 0.0533. The van der Waals surface area contributed by atoms with Gasteiger partial charge in [-0.2, -0.15) is 0 Å². The maximum atomic E-state index is 12.6. The van der Waals surface area contributed by atoms with E-state index >= 15 is 0 Å². The second kappa shape index (κ2) is 8.84. The molecule has 3 heterocycles. The fraction of sp³-hybridized carbons (Fsp3) is 0.391. The molecule has 1 aliphatic heterocycles. The molecule has 9 heteroatoms. The van der Waals surface area contributed by atoms with Crippen LogP contribution < -0.4 is 19.9 Å². The molecule has 1 aliphatic rings.